The molecule has 1 aromatic rings. The van der Waals surface area contributed by atoms with Gasteiger partial charge < -0.3 is 9.94 Å². The first-order chi connectivity index (χ1) is 7.67. The number of hydrogen-bond donors (Lipinski definition) is 1. The molecule has 0 aliphatic rings. The predicted octanol–water partition coefficient (Wildman–Crippen LogP) is 2.92. The van der Waals surface area contributed by atoms with Gasteiger partial charge in [-0.2, -0.15) is 0 Å². The lowest BCUT2D eigenvalue weighted by atomic mass is 10.1. The Balaban J connectivity index is 2.67. The van der Waals surface area contributed by atoms with Gasteiger partial charge in [-0.05, 0) is 36.2 Å². The van der Waals surface area contributed by atoms with Gasteiger partial charge in [0.05, 0.1) is 5.71 Å². The normalized spacial score (nSPS) is 11.9. The molecule has 0 bridgehead atoms. The van der Waals surface area contributed by atoms with Crippen molar-refractivity contribution in [3.63, 3.8) is 0 Å². The Morgan fingerprint density at radius 1 is 1.38 bits per heavy atom. The van der Waals surface area contributed by atoms with Gasteiger partial charge in [0.25, 0.3) is 6.43 Å². The van der Waals surface area contributed by atoms with E-state index in [4.69, 9.17) is 9.94 Å². The van der Waals surface area contributed by atoms with Gasteiger partial charge in [0.15, 0.2) is 0 Å². The van der Waals surface area contributed by atoms with Gasteiger partial charge in [0.1, 0.15) is 12.4 Å². The second-order valence-electron chi connectivity index (χ2n) is 3.13. The molecule has 0 aromatic heterocycles. The smallest absolute Gasteiger partial charge is 0.272 e. The van der Waals surface area contributed by atoms with Crippen LogP contribution in [0, 0.1) is 0 Å². The van der Waals surface area contributed by atoms with Crippen LogP contribution in [0.15, 0.2) is 29.4 Å². The fourth-order valence-electron chi connectivity index (χ4n) is 1.24. The zero-order valence-electron chi connectivity index (χ0n) is 8.86. The molecule has 1 aromatic carbocycles. The van der Waals surface area contributed by atoms with E-state index in [2.05, 4.69) is 5.16 Å². The van der Waals surface area contributed by atoms with E-state index in [9.17, 15) is 8.78 Å². The molecule has 0 atom stereocenters. The molecular weight excluding hydrogens is 216 g/mol. The minimum atomic E-state index is -2.48. The van der Waals surface area contributed by atoms with Crippen LogP contribution in [-0.4, -0.2) is 24.0 Å². The van der Waals surface area contributed by atoms with E-state index in [1.807, 2.05) is 6.92 Å². The van der Waals surface area contributed by atoms with Crippen LogP contribution in [0.4, 0.5) is 8.78 Å². The average Bonchev–Trinajstić information content (AvgIpc) is 2.29. The zero-order valence-corrected chi connectivity index (χ0v) is 8.86. The quantitative estimate of drug-likeness (QED) is 0.479. The van der Waals surface area contributed by atoms with Crippen LogP contribution in [0.3, 0.4) is 0 Å². The first kappa shape index (κ1) is 12.4. The summed E-state index contributed by atoms with van der Waals surface area (Å²) >= 11 is 0. The summed E-state index contributed by atoms with van der Waals surface area (Å²) in [5.74, 6) is 0.373. The maximum Gasteiger partial charge on any atom is 0.272 e. The minimum Gasteiger partial charge on any atom is -0.488 e. The molecule has 88 valence electrons. The molecule has 0 heterocycles. The lowest BCUT2D eigenvalue weighted by Crippen LogP contribution is -2.07. The average molecular weight is 229 g/mol. The van der Waals surface area contributed by atoms with Gasteiger partial charge in [-0.1, -0.05) is 12.1 Å². The largest absolute Gasteiger partial charge is 0.488 e. The van der Waals surface area contributed by atoms with E-state index in [1.54, 1.807) is 24.3 Å². The first-order valence-corrected chi connectivity index (χ1v) is 4.89. The number of rotatable bonds is 5. The fraction of sp³-hybridized carbons (Fsp3) is 0.364. The molecule has 1 N–H and O–H groups in total. The molecule has 16 heavy (non-hydrogen) atoms. The monoisotopic (exact) mass is 229 g/mol. The number of alkyl halides is 2. The van der Waals surface area contributed by atoms with Crippen molar-refractivity contribution in [3.8, 4) is 5.75 Å². The van der Waals surface area contributed by atoms with E-state index < -0.39 is 13.0 Å². The summed E-state index contributed by atoms with van der Waals surface area (Å²) in [6.45, 7) is 1.24. The summed E-state index contributed by atoms with van der Waals surface area (Å²) in [6, 6.07) is 6.47. The van der Waals surface area contributed by atoms with Crippen LogP contribution in [-0.2, 0) is 0 Å². The van der Waals surface area contributed by atoms with Gasteiger partial charge in [-0.25, -0.2) is 8.78 Å². The Morgan fingerprint density at radius 3 is 2.44 bits per heavy atom. The van der Waals surface area contributed by atoms with Crippen LogP contribution >= 0.6 is 0 Å². The number of benzene rings is 1. The number of hydrogen-bond acceptors (Lipinski definition) is 3. The van der Waals surface area contributed by atoms with Crippen molar-refractivity contribution in [1.29, 1.82) is 0 Å². The molecule has 5 heteroatoms. The molecule has 0 spiro atoms. The lowest BCUT2D eigenvalue weighted by Gasteiger charge is -2.06. The van der Waals surface area contributed by atoms with Crippen molar-refractivity contribution >= 4 is 5.71 Å². The Bertz CT molecular complexity index is 350. The van der Waals surface area contributed by atoms with Gasteiger partial charge in [0.2, 0.25) is 0 Å². The summed E-state index contributed by atoms with van der Waals surface area (Å²) in [4.78, 5) is 0. The molecule has 0 saturated heterocycles. The van der Waals surface area contributed by atoms with Crippen LogP contribution in [0.2, 0.25) is 0 Å². The predicted molar refractivity (Wildman–Crippen MR) is 56.6 cm³/mol. The molecule has 0 aliphatic heterocycles. The molecule has 0 radical (unpaired) electrons. The van der Waals surface area contributed by atoms with Crippen molar-refractivity contribution in [2.45, 2.75) is 19.8 Å². The number of halogens is 2. The molecule has 3 nitrogen and oxygen atoms in total. The van der Waals surface area contributed by atoms with Crippen molar-refractivity contribution in [2.24, 2.45) is 5.16 Å². The highest BCUT2D eigenvalue weighted by molar-refractivity contribution is 6.00. The van der Waals surface area contributed by atoms with Crippen LogP contribution in [0.25, 0.3) is 0 Å². The van der Waals surface area contributed by atoms with Crippen LogP contribution in [0.1, 0.15) is 18.9 Å². The highest BCUT2D eigenvalue weighted by Gasteiger charge is 2.05. The lowest BCUT2D eigenvalue weighted by molar-refractivity contribution is 0.0819. The van der Waals surface area contributed by atoms with Crippen LogP contribution in [0.5, 0.6) is 5.75 Å². The molecule has 1 rings (SSSR count). The summed E-state index contributed by atoms with van der Waals surface area (Å²) < 4.78 is 28.5. The molecule has 0 unspecified atom stereocenters. The summed E-state index contributed by atoms with van der Waals surface area (Å²) in [5, 5.41) is 11.8. The third-order valence-corrected chi connectivity index (χ3v) is 2.02. The van der Waals surface area contributed by atoms with E-state index in [0.717, 1.165) is 5.56 Å². The zero-order chi connectivity index (χ0) is 12.0. The molecule has 0 saturated carbocycles. The van der Waals surface area contributed by atoms with Gasteiger partial charge in [-0.3, -0.25) is 0 Å². The van der Waals surface area contributed by atoms with Gasteiger partial charge in [-0.15, -0.1) is 0 Å². The maximum absolute atomic E-state index is 11.9. The number of ether oxygens (including phenoxy) is 1. The van der Waals surface area contributed by atoms with Crippen molar-refractivity contribution < 1.29 is 18.7 Å². The number of nitrogens with zero attached hydrogens (tertiary/aromatic N) is 1. The second kappa shape index (κ2) is 6.05. The second-order valence-corrected chi connectivity index (χ2v) is 3.13. The Morgan fingerprint density at radius 2 is 2.00 bits per heavy atom. The molecule has 0 aliphatic carbocycles. The first-order valence-electron chi connectivity index (χ1n) is 4.89. The van der Waals surface area contributed by atoms with E-state index in [0.29, 0.717) is 17.9 Å². The van der Waals surface area contributed by atoms with E-state index in [-0.39, 0.29) is 0 Å². The molecule has 0 fully saturated rings. The highest BCUT2D eigenvalue weighted by atomic mass is 19.3. The molecular formula is C11H13F2NO2. The minimum absolute atomic E-state index is 0.373. The SMILES string of the molecule is CC/C(=N/O)c1ccc(OCC(F)F)cc1. The summed E-state index contributed by atoms with van der Waals surface area (Å²) in [7, 11) is 0. The molecule has 0 amide bonds. The standard InChI is InChI=1S/C11H13F2NO2/c1-2-10(14-15)8-3-5-9(6-4-8)16-7-11(12)13/h3-6,11,15H,2,7H2,1H3/b14-10-. The Labute approximate surface area is 92.3 Å². The summed E-state index contributed by atoms with van der Waals surface area (Å²) in [6.07, 6.45) is -1.89. The summed E-state index contributed by atoms with van der Waals surface area (Å²) in [5.41, 5.74) is 1.29. The van der Waals surface area contributed by atoms with E-state index >= 15 is 0 Å². The van der Waals surface area contributed by atoms with Crippen molar-refractivity contribution in [3.05, 3.63) is 29.8 Å². The highest BCUT2D eigenvalue weighted by Crippen LogP contribution is 2.14. The van der Waals surface area contributed by atoms with Crippen molar-refractivity contribution in [1.82, 2.24) is 0 Å². The maximum atomic E-state index is 11.9. The number of oxime groups is 1. The topological polar surface area (TPSA) is 41.8 Å². The van der Waals surface area contributed by atoms with E-state index in [1.165, 1.54) is 0 Å². The van der Waals surface area contributed by atoms with Crippen molar-refractivity contribution in [2.75, 3.05) is 6.61 Å². The van der Waals surface area contributed by atoms with Gasteiger partial charge >= 0.3 is 0 Å². The Kier molecular flexibility index (Phi) is 4.69. The fourth-order valence-corrected chi connectivity index (χ4v) is 1.24. The van der Waals surface area contributed by atoms with Gasteiger partial charge in [0, 0.05) is 0 Å². The third kappa shape index (κ3) is 3.49. The third-order valence-electron chi connectivity index (χ3n) is 2.02. The Hall–Kier alpha value is -1.65. The van der Waals surface area contributed by atoms with Crippen LogP contribution < -0.4 is 4.74 Å².